The summed E-state index contributed by atoms with van der Waals surface area (Å²) in [6, 6.07) is 21.0. The van der Waals surface area contributed by atoms with Crippen molar-refractivity contribution in [2.24, 2.45) is 0 Å². The molecule has 26 heavy (non-hydrogen) atoms. The lowest BCUT2D eigenvalue weighted by molar-refractivity contribution is -0.0846. The maximum absolute atomic E-state index is 10.3. The van der Waals surface area contributed by atoms with Crippen LogP contribution in [0, 0.1) is 0 Å². The van der Waals surface area contributed by atoms with Gasteiger partial charge in [-0.2, -0.15) is 0 Å². The molecule has 0 unspecified atom stereocenters. The minimum atomic E-state index is -2.59. The van der Waals surface area contributed by atoms with Crippen LogP contribution in [-0.4, -0.2) is 44.6 Å². The first-order valence-electron chi connectivity index (χ1n) is 9.17. The fourth-order valence-electron chi connectivity index (χ4n) is 4.03. The van der Waals surface area contributed by atoms with Crippen molar-refractivity contribution in [3.63, 3.8) is 0 Å². The lowest BCUT2D eigenvalue weighted by Gasteiger charge is -2.43. The molecule has 4 atom stereocenters. The monoisotopic (exact) mass is 370 g/mol. The van der Waals surface area contributed by atoms with Gasteiger partial charge in [0.15, 0.2) is 6.29 Å². The summed E-state index contributed by atoms with van der Waals surface area (Å²) in [6.07, 6.45) is -1.38. The van der Waals surface area contributed by atoms with E-state index in [0.29, 0.717) is 6.61 Å². The van der Waals surface area contributed by atoms with Gasteiger partial charge in [0.05, 0.1) is 6.61 Å². The minimum Gasteiger partial charge on any atom is -0.405 e. The molecule has 4 nitrogen and oxygen atoms in total. The van der Waals surface area contributed by atoms with Gasteiger partial charge in [-0.05, 0) is 15.4 Å². The number of hydrogen-bond donors (Lipinski definition) is 1. The molecule has 2 aliphatic heterocycles. The van der Waals surface area contributed by atoms with Crippen molar-refractivity contribution < 1.29 is 19.0 Å². The summed E-state index contributed by atoms with van der Waals surface area (Å²) in [5.41, 5.74) is 0. The summed E-state index contributed by atoms with van der Waals surface area (Å²) in [4.78, 5) is 0. The second kappa shape index (κ2) is 6.58. The highest BCUT2D eigenvalue weighted by molar-refractivity contribution is 6.99. The molecule has 2 aromatic carbocycles. The van der Waals surface area contributed by atoms with Crippen LogP contribution < -0.4 is 10.4 Å². The molecule has 0 radical (unpaired) electrons. The summed E-state index contributed by atoms with van der Waals surface area (Å²) < 4.78 is 17.8. The molecule has 0 saturated carbocycles. The number of benzene rings is 2. The van der Waals surface area contributed by atoms with Crippen molar-refractivity contribution in [1.82, 2.24) is 0 Å². The average molecular weight is 371 g/mol. The van der Waals surface area contributed by atoms with Gasteiger partial charge < -0.3 is 19.0 Å². The van der Waals surface area contributed by atoms with Crippen molar-refractivity contribution in [3.8, 4) is 0 Å². The Morgan fingerprint density at radius 3 is 1.88 bits per heavy atom. The standard InChI is InChI=1S/C21H26O4Si/c1-21(2,3)26(15-10-6-4-7-11-15,16-12-8-5-9-13-16)23-14-17-18(22)19-20(24-17)25-19/h4-13,17-20,22H,14H2,1-3H3/t17-,18-,19-,20+/m1/s1. The van der Waals surface area contributed by atoms with E-state index in [4.69, 9.17) is 13.9 Å². The van der Waals surface area contributed by atoms with E-state index in [0.717, 1.165) is 0 Å². The zero-order valence-corrected chi connectivity index (χ0v) is 16.5. The van der Waals surface area contributed by atoms with E-state index in [2.05, 4.69) is 69.3 Å². The molecule has 2 aromatic rings. The van der Waals surface area contributed by atoms with Crippen LogP contribution in [0.2, 0.25) is 5.04 Å². The van der Waals surface area contributed by atoms with Gasteiger partial charge in [0.2, 0.25) is 0 Å². The molecular weight excluding hydrogens is 344 g/mol. The van der Waals surface area contributed by atoms with Crippen LogP contribution in [0.5, 0.6) is 0 Å². The SMILES string of the molecule is CC(C)(C)[Si](OC[C@H]1O[C@H]2O[C@@H]2[C@@H]1O)(c1ccccc1)c1ccccc1. The second-order valence-corrected chi connectivity index (χ2v) is 12.4. The Hall–Kier alpha value is -1.50. The van der Waals surface area contributed by atoms with Crippen molar-refractivity contribution >= 4 is 18.7 Å². The molecule has 0 amide bonds. The quantitative estimate of drug-likeness (QED) is 0.646. The topological polar surface area (TPSA) is 51.2 Å². The Kier molecular flexibility index (Phi) is 4.53. The van der Waals surface area contributed by atoms with Gasteiger partial charge in [0.25, 0.3) is 8.32 Å². The van der Waals surface area contributed by atoms with Gasteiger partial charge in [-0.25, -0.2) is 0 Å². The molecule has 5 heteroatoms. The maximum Gasteiger partial charge on any atom is 0.261 e. The molecule has 0 aliphatic carbocycles. The molecule has 0 aromatic heterocycles. The zero-order chi connectivity index (χ0) is 18.4. The van der Waals surface area contributed by atoms with Crippen molar-refractivity contribution in [2.45, 2.75) is 50.4 Å². The lowest BCUT2D eigenvalue weighted by atomic mass is 10.2. The number of aliphatic hydroxyl groups excluding tert-OH is 1. The maximum atomic E-state index is 10.3. The van der Waals surface area contributed by atoms with Crippen molar-refractivity contribution in [2.75, 3.05) is 6.61 Å². The van der Waals surface area contributed by atoms with Crippen LogP contribution in [-0.2, 0) is 13.9 Å². The van der Waals surface area contributed by atoms with E-state index in [1.165, 1.54) is 10.4 Å². The largest absolute Gasteiger partial charge is 0.405 e. The summed E-state index contributed by atoms with van der Waals surface area (Å²) >= 11 is 0. The van der Waals surface area contributed by atoms with Crippen molar-refractivity contribution in [1.29, 1.82) is 0 Å². The number of fused-ring (bicyclic) bond motifs is 1. The minimum absolute atomic E-state index is 0.0846. The fourth-order valence-corrected chi connectivity index (χ4v) is 8.60. The molecule has 2 heterocycles. The van der Waals surface area contributed by atoms with Gasteiger partial charge in [-0.15, -0.1) is 0 Å². The molecule has 2 aliphatic rings. The summed E-state index contributed by atoms with van der Waals surface area (Å²) in [6.45, 7) is 7.09. The van der Waals surface area contributed by atoms with Crippen LogP contribution in [0.1, 0.15) is 20.8 Å². The van der Waals surface area contributed by atoms with E-state index in [9.17, 15) is 5.11 Å². The third-order valence-corrected chi connectivity index (χ3v) is 10.4. The van der Waals surface area contributed by atoms with E-state index in [1.54, 1.807) is 0 Å². The Balaban J connectivity index is 1.72. The molecule has 2 fully saturated rings. The molecular formula is C21H26O4Si. The summed E-state index contributed by atoms with van der Waals surface area (Å²) in [5.74, 6) is 0. The lowest BCUT2D eigenvalue weighted by Crippen LogP contribution is -2.67. The first-order valence-corrected chi connectivity index (χ1v) is 11.1. The van der Waals surface area contributed by atoms with Crippen LogP contribution in [0.15, 0.2) is 60.7 Å². The molecule has 138 valence electrons. The molecule has 4 rings (SSSR count). The Labute approximate surface area is 155 Å². The van der Waals surface area contributed by atoms with Crippen LogP contribution in [0.3, 0.4) is 0 Å². The Bertz CT molecular complexity index is 704. The number of epoxide rings is 1. The van der Waals surface area contributed by atoms with Gasteiger partial charge >= 0.3 is 0 Å². The highest BCUT2D eigenvalue weighted by Gasteiger charge is 2.58. The number of ether oxygens (including phenoxy) is 2. The highest BCUT2D eigenvalue weighted by Crippen LogP contribution is 2.40. The average Bonchev–Trinajstić information content (AvgIpc) is 3.34. The van der Waals surface area contributed by atoms with Gasteiger partial charge in [0.1, 0.15) is 18.3 Å². The second-order valence-electron chi connectivity index (χ2n) is 8.11. The van der Waals surface area contributed by atoms with Gasteiger partial charge in [-0.3, -0.25) is 0 Å². The zero-order valence-electron chi connectivity index (χ0n) is 15.5. The third-order valence-electron chi connectivity index (χ3n) is 5.39. The summed E-state index contributed by atoms with van der Waals surface area (Å²) in [5, 5.41) is 12.7. The van der Waals surface area contributed by atoms with Crippen molar-refractivity contribution in [3.05, 3.63) is 60.7 Å². The molecule has 1 N–H and O–H groups in total. The predicted octanol–water partition coefficient (Wildman–Crippen LogP) is 2.05. The normalized spacial score (nSPS) is 28.0. The fraction of sp³-hybridized carbons (Fsp3) is 0.429. The van der Waals surface area contributed by atoms with Gasteiger partial charge in [0, 0.05) is 0 Å². The number of rotatable bonds is 5. The molecule has 0 bridgehead atoms. The van der Waals surface area contributed by atoms with Crippen LogP contribution in [0.4, 0.5) is 0 Å². The van der Waals surface area contributed by atoms with E-state index in [1.807, 2.05) is 12.1 Å². The Morgan fingerprint density at radius 2 is 1.46 bits per heavy atom. The van der Waals surface area contributed by atoms with E-state index in [-0.39, 0.29) is 23.5 Å². The summed E-state index contributed by atoms with van der Waals surface area (Å²) in [7, 11) is -2.59. The predicted molar refractivity (Wildman–Crippen MR) is 103 cm³/mol. The first-order chi connectivity index (χ1) is 12.4. The highest BCUT2D eigenvalue weighted by atomic mass is 28.4. The number of aliphatic hydroxyl groups is 1. The van der Waals surface area contributed by atoms with E-state index < -0.39 is 14.4 Å². The van der Waals surface area contributed by atoms with Crippen LogP contribution in [0.25, 0.3) is 0 Å². The molecule has 2 saturated heterocycles. The first kappa shape index (κ1) is 17.9. The Morgan fingerprint density at radius 1 is 0.923 bits per heavy atom. The number of hydrogen-bond acceptors (Lipinski definition) is 4. The third kappa shape index (κ3) is 2.94. The van der Waals surface area contributed by atoms with Crippen LogP contribution >= 0.6 is 0 Å². The smallest absolute Gasteiger partial charge is 0.261 e. The van der Waals surface area contributed by atoms with E-state index >= 15 is 0 Å². The molecule has 0 spiro atoms. The van der Waals surface area contributed by atoms with Gasteiger partial charge in [-0.1, -0.05) is 81.4 Å².